The van der Waals surface area contributed by atoms with Gasteiger partial charge in [-0.1, -0.05) is 19.9 Å². The van der Waals surface area contributed by atoms with Gasteiger partial charge in [0.2, 0.25) is 0 Å². The van der Waals surface area contributed by atoms with Crippen molar-refractivity contribution in [3.63, 3.8) is 0 Å². The van der Waals surface area contributed by atoms with Crippen LogP contribution in [0.4, 0.5) is 0 Å². The zero-order chi connectivity index (χ0) is 13.0. The van der Waals surface area contributed by atoms with Gasteiger partial charge in [0.15, 0.2) is 0 Å². The molecule has 4 heteroatoms. The lowest BCUT2D eigenvalue weighted by Crippen LogP contribution is -2.13. The lowest BCUT2D eigenvalue weighted by molar-refractivity contribution is 0.582. The Kier molecular flexibility index (Phi) is 3.93. The fourth-order valence-electron chi connectivity index (χ4n) is 1.99. The minimum absolute atomic E-state index is 0.662. The van der Waals surface area contributed by atoms with Gasteiger partial charge in [0.05, 0.1) is 11.4 Å². The van der Waals surface area contributed by atoms with E-state index in [1.54, 1.807) is 12.4 Å². The van der Waals surface area contributed by atoms with Gasteiger partial charge in [-0.15, -0.1) is 0 Å². The van der Waals surface area contributed by atoms with Gasteiger partial charge < -0.3 is 4.57 Å². The normalized spacial score (nSPS) is 11.4. The van der Waals surface area contributed by atoms with E-state index in [9.17, 15) is 4.57 Å². The van der Waals surface area contributed by atoms with Gasteiger partial charge in [0.1, 0.15) is 7.14 Å². The Hall–Kier alpha value is -1.47. The monoisotopic (exact) mass is 260 g/mol. The summed E-state index contributed by atoms with van der Waals surface area (Å²) in [5.41, 5.74) is 1.54. The molecule has 0 radical (unpaired) electrons. The summed E-state index contributed by atoms with van der Waals surface area (Å²) >= 11 is 0. The minimum Gasteiger partial charge on any atom is -0.319 e. The number of aromatic nitrogens is 2. The van der Waals surface area contributed by atoms with Crippen LogP contribution in [0.3, 0.4) is 0 Å². The molecule has 0 amide bonds. The van der Waals surface area contributed by atoms with Crippen LogP contribution in [0.1, 0.15) is 13.8 Å². The van der Waals surface area contributed by atoms with Crippen molar-refractivity contribution in [2.24, 2.45) is 0 Å². The van der Waals surface area contributed by atoms with E-state index in [1.165, 1.54) is 0 Å². The second-order valence-corrected chi connectivity index (χ2v) is 7.63. The predicted octanol–water partition coefficient (Wildman–Crippen LogP) is 3.17. The van der Waals surface area contributed by atoms with Crippen LogP contribution in [-0.2, 0) is 4.57 Å². The van der Waals surface area contributed by atoms with Crippen LogP contribution in [0.15, 0.2) is 42.7 Å². The highest BCUT2D eigenvalue weighted by Gasteiger charge is 2.24. The molecule has 2 heterocycles. The Labute approximate surface area is 108 Å². The average molecular weight is 260 g/mol. The summed E-state index contributed by atoms with van der Waals surface area (Å²) in [4.78, 5) is 8.68. The molecule has 18 heavy (non-hydrogen) atoms. The SMILES string of the molecule is CCP(=O)(CC)c1cccnc1-c1ccccn1. The number of hydrogen-bond donors (Lipinski definition) is 0. The Bertz CT molecular complexity index is 561. The fourth-order valence-corrected chi connectivity index (χ4v) is 4.03. The van der Waals surface area contributed by atoms with Crippen molar-refractivity contribution in [2.75, 3.05) is 12.3 Å². The molecule has 0 atom stereocenters. The molecule has 0 aliphatic carbocycles. The summed E-state index contributed by atoms with van der Waals surface area (Å²) in [6, 6.07) is 9.46. The second-order valence-electron chi connectivity index (χ2n) is 4.11. The number of nitrogens with zero attached hydrogens (tertiary/aromatic N) is 2. The molecule has 0 unspecified atom stereocenters. The van der Waals surface area contributed by atoms with Gasteiger partial charge in [-0.05, 0) is 24.3 Å². The first-order chi connectivity index (χ1) is 8.71. The summed E-state index contributed by atoms with van der Waals surface area (Å²) in [5, 5.41) is 0.855. The minimum atomic E-state index is -2.34. The van der Waals surface area contributed by atoms with Crippen LogP contribution in [0.5, 0.6) is 0 Å². The van der Waals surface area contributed by atoms with Gasteiger partial charge in [-0.2, -0.15) is 0 Å². The van der Waals surface area contributed by atoms with Gasteiger partial charge in [-0.3, -0.25) is 9.97 Å². The maximum atomic E-state index is 12.9. The molecular formula is C14H17N2OP. The third-order valence-electron chi connectivity index (χ3n) is 3.15. The van der Waals surface area contributed by atoms with Crippen molar-refractivity contribution < 1.29 is 4.57 Å². The summed E-state index contributed by atoms with van der Waals surface area (Å²) in [7, 11) is -2.34. The van der Waals surface area contributed by atoms with Gasteiger partial charge >= 0.3 is 0 Å². The van der Waals surface area contributed by atoms with Crippen molar-refractivity contribution >= 4 is 12.4 Å². The van der Waals surface area contributed by atoms with E-state index in [0.29, 0.717) is 12.3 Å². The summed E-state index contributed by atoms with van der Waals surface area (Å²) in [6.07, 6.45) is 4.78. The summed E-state index contributed by atoms with van der Waals surface area (Å²) in [6.45, 7) is 3.94. The average Bonchev–Trinajstić information content (AvgIpc) is 2.47. The molecular weight excluding hydrogens is 243 g/mol. The van der Waals surface area contributed by atoms with Gasteiger partial charge in [0.25, 0.3) is 0 Å². The Morgan fingerprint density at radius 1 is 1.00 bits per heavy atom. The summed E-state index contributed by atoms with van der Waals surface area (Å²) < 4.78 is 12.9. The first-order valence-electron chi connectivity index (χ1n) is 6.16. The first-order valence-corrected chi connectivity index (χ1v) is 8.24. The molecule has 0 fully saturated rings. The third-order valence-corrected chi connectivity index (χ3v) is 6.44. The van der Waals surface area contributed by atoms with E-state index in [0.717, 1.165) is 16.7 Å². The maximum absolute atomic E-state index is 12.9. The third kappa shape index (κ3) is 2.37. The second kappa shape index (κ2) is 5.45. The van der Waals surface area contributed by atoms with Crippen LogP contribution in [0.25, 0.3) is 11.4 Å². The van der Waals surface area contributed by atoms with E-state index >= 15 is 0 Å². The van der Waals surface area contributed by atoms with Gasteiger partial charge in [0, 0.05) is 30.0 Å². The van der Waals surface area contributed by atoms with E-state index in [1.807, 2.05) is 44.2 Å². The van der Waals surface area contributed by atoms with E-state index in [2.05, 4.69) is 9.97 Å². The quantitative estimate of drug-likeness (QED) is 0.793. The van der Waals surface area contributed by atoms with Gasteiger partial charge in [-0.25, -0.2) is 0 Å². The first kappa shape index (κ1) is 13.0. The molecule has 3 nitrogen and oxygen atoms in total. The maximum Gasteiger partial charge on any atom is 0.117 e. The number of hydrogen-bond acceptors (Lipinski definition) is 3. The zero-order valence-electron chi connectivity index (χ0n) is 10.7. The standard InChI is InChI=1S/C14H17N2OP/c1-3-18(17,4-2)13-9-7-11-16-14(13)12-8-5-6-10-15-12/h5-11H,3-4H2,1-2H3. The molecule has 0 bridgehead atoms. The summed E-state index contributed by atoms with van der Waals surface area (Å²) in [5.74, 6) is 0. The van der Waals surface area contributed by atoms with Crippen LogP contribution in [0.2, 0.25) is 0 Å². The van der Waals surface area contributed by atoms with E-state index in [4.69, 9.17) is 0 Å². The van der Waals surface area contributed by atoms with Crippen LogP contribution in [0, 0.1) is 0 Å². The molecule has 0 aliphatic heterocycles. The Balaban J connectivity index is 2.61. The highest BCUT2D eigenvalue weighted by atomic mass is 31.2. The fraction of sp³-hybridized carbons (Fsp3) is 0.286. The van der Waals surface area contributed by atoms with Crippen LogP contribution < -0.4 is 5.30 Å². The van der Waals surface area contributed by atoms with Crippen LogP contribution in [-0.4, -0.2) is 22.3 Å². The molecule has 0 aromatic carbocycles. The molecule has 0 saturated carbocycles. The topological polar surface area (TPSA) is 42.9 Å². The van der Waals surface area contributed by atoms with Crippen LogP contribution >= 0.6 is 7.14 Å². The molecule has 0 aliphatic rings. The van der Waals surface area contributed by atoms with Crippen molar-refractivity contribution in [1.29, 1.82) is 0 Å². The number of rotatable bonds is 4. The molecule has 2 aromatic rings. The Morgan fingerprint density at radius 2 is 1.72 bits per heavy atom. The molecule has 0 N–H and O–H groups in total. The van der Waals surface area contributed by atoms with Crippen molar-refractivity contribution in [2.45, 2.75) is 13.8 Å². The number of pyridine rings is 2. The highest BCUT2D eigenvalue weighted by molar-refractivity contribution is 7.71. The molecule has 0 spiro atoms. The zero-order valence-corrected chi connectivity index (χ0v) is 11.6. The molecule has 94 valence electrons. The smallest absolute Gasteiger partial charge is 0.117 e. The lowest BCUT2D eigenvalue weighted by atomic mass is 10.2. The molecule has 2 aromatic heterocycles. The molecule has 0 saturated heterocycles. The Morgan fingerprint density at radius 3 is 2.33 bits per heavy atom. The van der Waals surface area contributed by atoms with E-state index in [-0.39, 0.29) is 0 Å². The highest BCUT2D eigenvalue weighted by Crippen LogP contribution is 2.45. The largest absolute Gasteiger partial charge is 0.319 e. The van der Waals surface area contributed by atoms with Crippen molar-refractivity contribution in [3.8, 4) is 11.4 Å². The lowest BCUT2D eigenvalue weighted by Gasteiger charge is -2.17. The predicted molar refractivity (Wildman–Crippen MR) is 75.8 cm³/mol. The van der Waals surface area contributed by atoms with E-state index < -0.39 is 7.14 Å². The molecule has 2 rings (SSSR count). The van der Waals surface area contributed by atoms with Crippen molar-refractivity contribution in [3.05, 3.63) is 42.7 Å². The van der Waals surface area contributed by atoms with Crippen molar-refractivity contribution in [1.82, 2.24) is 9.97 Å².